The number of benzene rings is 1. The molecule has 2 nitrogen and oxygen atoms in total. The van der Waals surface area contributed by atoms with Gasteiger partial charge in [0.25, 0.3) is 0 Å². The van der Waals surface area contributed by atoms with Crippen LogP contribution in [0.3, 0.4) is 0 Å². The highest BCUT2D eigenvalue weighted by atomic mass is 16.5. The summed E-state index contributed by atoms with van der Waals surface area (Å²) in [7, 11) is 2.16. The second-order valence-corrected chi connectivity index (χ2v) is 4.97. The van der Waals surface area contributed by atoms with Crippen molar-refractivity contribution in [2.24, 2.45) is 0 Å². The van der Waals surface area contributed by atoms with E-state index in [1.807, 2.05) is 0 Å². The zero-order valence-corrected chi connectivity index (χ0v) is 10.5. The Bertz CT molecular complexity index is 342. The number of aryl methyl sites for hydroxylation is 2. The maximum Gasteiger partial charge on any atom is 0.120 e. The van der Waals surface area contributed by atoms with Crippen LogP contribution in [0.1, 0.15) is 24.0 Å². The van der Waals surface area contributed by atoms with Gasteiger partial charge in [-0.25, -0.2) is 0 Å². The van der Waals surface area contributed by atoms with Gasteiger partial charge in [-0.15, -0.1) is 0 Å². The Hall–Kier alpha value is -1.02. The monoisotopic (exact) mass is 219 g/mol. The van der Waals surface area contributed by atoms with Crippen molar-refractivity contribution in [3.05, 3.63) is 29.3 Å². The molecule has 1 atom stereocenters. The van der Waals surface area contributed by atoms with Crippen LogP contribution >= 0.6 is 0 Å². The summed E-state index contributed by atoms with van der Waals surface area (Å²) in [6.45, 7) is 6.49. The Kier molecular flexibility index (Phi) is 3.49. The molecule has 0 amide bonds. The SMILES string of the molecule is Cc1cc(C)cc(OC2CCCN(C)C2)c1. The number of likely N-dealkylation sites (N-methyl/N-ethyl adjacent to an activating group) is 1. The Labute approximate surface area is 98.2 Å². The second kappa shape index (κ2) is 4.88. The Morgan fingerprint density at radius 3 is 2.50 bits per heavy atom. The summed E-state index contributed by atoms with van der Waals surface area (Å²) >= 11 is 0. The highest BCUT2D eigenvalue weighted by Gasteiger charge is 2.18. The average Bonchev–Trinajstić information content (AvgIpc) is 2.15. The summed E-state index contributed by atoms with van der Waals surface area (Å²) in [4.78, 5) is 2.34. The van der Waals surface area contributed by atoms with Gasteiger partial charge in [0.2, 0.25) is 0 Å². The van der Waals surface area contributed by atoms with Gasteiger partial charge in [-0.2, -0.15) is 0 Å². The molecule has 1 heterocycles. The van der Waals surface area contributed by atoms with E-state index in [0.29, 0.717) is 6.10 Å². The number of piperidine rings is 1. The van der Waals surface area contributed by atoms with E-state index in [-0.39, 0.29) is 0 Å². The zero-order chi connectivity index (χ0) is 11.5. The first-order valence-corrected chi connectivity index (χ1v) is 6.07. The molecule has 1 aromatic rings. The highest BCUT2D eigenvalue weighted by Crippen LogP contribution is 2.20. The first-order valence-electron chi connectivity index (χ1n) is 6.07. The van der Waals surface area contributed by atoms with Gasteiger partial charge in [-0.1, -0.05) is 6.07 Å². The van der Waals surface area contributed by atoms with Gasteiger partial charge in [-0.05, 0) is 63.5 Å². The van der Waals surface area contributed by atoms with Crippen molar-refractivity contribution in [1.82, 2.24) is 4.90 Å². The molecule has 88 valence electrons. The van der Waals surface area contributed by atoms with Gasteiger partial charge in [0, 0.05) is 6.54 Å². The summed E-state index contributed by atoms with van der Waals surface area (Å²) in [6.07, 6.45) is 2.78. The molecule has 0 bridgehead atoms. The van der Waals surface area contributed by atoms with Crippen LogP contribution in [0.25, 0.3) is 0 Å². The summed E-state index contributed by atoms with van der Waals surface area (Å²) in [6, 6.07) is 6.43. The molecule has 0 spiro atoms. The van der Waals surface area contributed by atoms with E-state index in [9.17, 15) is 0 Å². The number of rotatable bonds is 2. The van der Waals surface area contributed by atoms with E-state index >= 15 is 0 Å². The molecule has 0 N–H and O–H groups in total. The smallest absolute Gasteiger partial charge is 0.120 e. The Balaban J connectivity index is 2.02. The summed E-state index contributed by atoms with van der Waals surface area (Å²) in [5.41, 5.74) is 2.55. The molecular weight excluding hydrogens is 198 g/mol. The normalized spacial score (nSPS) is 22.1. The third-order valence-electron chi connectivity index (χ3n) is 3.08. The fraction of sp³-hybridized carbons (Fsp3) is 0.571. The van der Waals surface area contributed by atoms with Crippen LogP contribution in [0.2, 0.25) is 0 Å². The van der Waals surface area contributed by atoms with Crippen molar-refractivity contribution in [1.29, 1.82) is 0 Å². The topological polar surface area (TPSA) is 12.5 Å². The van der Waals surface area contributed by atoms with E-state index in [1.54, 1.807) is 0 Å². The molecule has 1 unspecified atom stereocenters. The van der Waals surface area contributed by atoms with Gasteiger partial charge < -0.3 is 9.64 Å². The minimum absolute atomic E-state index is 0.361. The Morgan fingerprint density at radius 1 is 1.19 bits per heavy atom. The minimum Gasteiger partial charge on any atom is -0.489 e. The molecule has 1 aliphatic rings. The molecule has 1 aromatic carbocycles. The predicted octanol–water partition coefficient (Wildman–Crippen LogP) is 2.78. The fourth-order valence-electron chi connectivity index (χ4n) is 2.41. The van der Waals surface area contributed by atoms with E-state index in [4.69, 9.17) is 4.74 Å². The van der Waals surface area contributed by atoms with Crippen LogP contribution in [-0.2, 0) is 0 Å². The summed E-state index contributed by atoms with van der Waals surface area (Å²) < 4.78 is 6.05. The van der Waals surface area contributed by atoms with E-state index in [1.165, 1.54) is 30.5 Å². The van der Waals surface area contributed by atoms with Crippen LogP contribution in [0, 0.1) is 13.8 Å². The number of nitrogens with zero attached hydrogens (tertiary/aromatic N) is 1. The molecular formula is C14H21NO. The van der Waals surface area contributed by atoms with Crippen LogP contribution in [-0.4, -0.2) is 31.1 Å². The maximum atomic E-state index is 6.05. The van der Waals surface area contributed by atoms with Gasteiger partial charge >= 0.3 is 0 Å². The lowest BCUT2D eigenvalue weighted by Crippen LogP contribution is -2.38. The standard InChI is InChI=1S/C14H21NO/c1-11-7-12(2)9-14(8-11)16-13-5-4-6-15(3)10-13/h7-9,13H,4-6,10H2,1-3H3. The molecule has 16 heavy (non-hydrogen) atoms. The molecule has 1 aliphatic heterocycles. The van der Waals surface area contributed by atoms with Crippen molar-refractivity contribution < 1.29 is 4.74 Å². The lowest BCUT2D eigenvalue weighted by molar-refractivity contribution is 0.104. The quantitative estimate of drug-likeness (QED) is 0.758. The minimum atomic E-state index is 0.361. The van der Waals surface area contributed by atoms with Gasteiger partial charge in [-0.3, -0.25) is 0 Å². The van der Waals surface area contributed by atoms with Crippen molar-refractivity contribution in [3.8, 4) is 5.75 Å². The molecule has 0 saturated carbocycles. The van der Waals surface area contributed by atoms with Crippen molar-refractivity contribution >= 4 is 0 Å². The van der Waals surface area contributed by atoms with Gasteiger partial charge in [0.15, 0.2) is 0 Å². The molecule has 1 fully saturated rings. The zero-order valence-electron chi connectivity index (χ0n) is 10.5. The lowest BCUT2D eigenvalue weighted by Gasteiger charge is -2.30. The number of likely N-dealkylation sites (tertiary alicyclic amines) is 1. The van der Waals surface area contributed by atoms with E-state index in [2.05, 4.69) is 44.0 Å². The Morgan fingerprint density at radius 2 is 1.88 bits per heavy atom. The van der Waals surface area contributed by atoms with Crippen molar-refractivity contribution in [3.63, 3.8) is 0 Å². The largest absolute Gasteiger partial charge is 0.489 e. The second-order valence-electron chi connectivity index (χ2n) is 4.97. The van der Waals surface area contributed by atoms with Gasteiger partial charge in [0.05, 0.1) is 0 Å². The van der Waals surface area contributed by atoms with Crippen molar-refractivity contribution in [2.75, 3.05) is 20.1 Å². The predicted molar refractivity (Wildman–Crippen MR) is 67.1 cm³/mol. The van der Waals surface area contributed by atoms with E-state index < -0.39 is 0 Å². The molecule has 2 rings (SSSR count). The van der Waals surface area contributed by atoms with Gasteiger partial charge in [0.1, 0.15) is 11.9 Å². The highest BCUT2D eigenvalue weighted by molar-refractivity contribution is 5.33. The third kappa shape index (κ3) is 2.99. The molecule has 0 radical (unpaired) electrons. The fourth-order valence-corrected chi connectivity index (χ4v) is 2.41. The maximum absolute atomic E-state index is 6.05. The number of ether oxygens (including phenoxy) is 1. The molecule has 2 heteroatoms. The van der Waals surface area contributed by atoms with E-state index in [0.717, 1.165) is 12.3 Å². The molecule has 0 aliphatic carbocycles. The van der Waals surface area contributed by atoms with Crippen LogP contribution in [0.5, 0.6) is 5.75 Å². The lowest BCUT2D eigenvalue weighted by atomic mass is 10.1. The number of hydrogen-bond acceptors (Lipinski definition) is 2. The van der Waals surface area contributed by atoms with Crippen LogP contribution in [0.4, 0.5) is 0 Å². The molecule has 0 aromatic heterocycles. The third-order valence-corrected chi connectivity index (χ3v) is 3.08. The van der Waals surface area contributed by atoms with Crippen LogP contribution in [0.15, 0.2) is 18.2 Å². The first-order chi connectivity index (χ1) is 7.63. The number of hydrogen-bond donors (Lipinski definition) is 0. The molecule has 1 saturated heterocycles. The average molecular weight is 219 g/mol. The van der Waals surface area contributed by atoms with Crippen LogP contribution < -0.4 is 4.74 Å². The summed E-state index contributed by atoms with van der Waals surface area (Å²) in [5, 5.41) is 0. The first kappa shape index (κ1) is 11.5. The van der Waals surface area contributed by atoms with Crippen molar-refractivity contribution in [2.45, 2.75) is 32.8 Å². The summed E-state index contributed by atoms with van der Waals surface area (Å²) in [5.74, 6) is 1.03.